The van der Waals surface area contributed by atoms with Gasteiger partial charge in [0.15, 0.2) is 11.6 Å². The molecule has 0 N–H and O–H groups in total. The molecule has 14 heavy (non-hydrogen) atoms. The standard InChI is InChI=1S/C10H6O2S2/c11-7-3-1-2-4-8(12)9(7)10-13-5-6-14-10/h1-6H. The lowest BCUT2D eigenvalue weighted by Crippen LogP contribution is -2.08. The van der Waals surface area contributed by atoms with Crippen molar-refractivity contribution in [3.63, 3.8) is 0 Å². The summed E-state index contributed by atoms with van der Waals surface area (Å²) in [4.78, 5) is 23.1. The molecule has 4 heteroatoms. The zero-order valence-electron chi connectivity index (χ0n) is 7.10. The van der Waals surface area contributed by atoms with Crippen LogP contribution in [-0.2, 0) is 9.59 Å². The van der Waals surface area contributed by atoms with Crippen molar-refractivity contribution >= 4 is 35.1 Å². The van der Waals surface area contributed by atoms with E-state index in [0.29, 0.717) is 0 Å². The van der Waals surface area contributed by atoms with Gasteiger partial charge in [0, 0.05) is 0 Å². The van der Waals surface area contributed by atoms with Crippen molar-refractivity contribution in [1.82, 2.24) is 0 Å². The Morgan fingerprint density at radius 1 is 0.857 bits per heavy atom. The summed E-state index contributed by atoms with van der Waals surface area (Å²) in [5.41, 5.74) is 0.287. The smallest absolute Gasteiger partial charge is 0.191 e. The first-order valence-corrected chi connectivity index (χ1v) is 5.71. The summed E-state index contributed by atoms with van der Waals surface area (Å²) in [6.45, 7) is 0. The molecule has 0 radical (unpaired) electrons. The fraction of sp³-hybridized carbons (Fsp3) is 0. The minimum absolute atomic E-state index is 0.210. The van der Waals surface area contributed by atoms with Gasteiger partial charge < -0.3 is 0 Å². The number of allylic oxidation sites excluding steroid dienone is 5. The molecule has 70 valence electrons. The van der Waals surface area contributed by atoms with Gasteiger partial charge in [-0.15, -0.1) is 0 Å². The van der Waals surface area contributed by atoms with Gasteiger partial charge in [0.1, 0.15) is 0 Å². The summed E-state index contributed by atoms with van der Waals surface area (Å²) in [6.07, 6.45) is 6.02. The zero-order chi connectivity index (χ0) is 9.97. The van der Waals surface area contributed by atoms with E-state index in [0.717, 1.165) is 4.24 Å². The monoisotopic (exact) mass is 222 g/mol. The van der Waals surface area contributed by atoms with E-state index in [-0.39, 0.29) is 17.1 Å². The van der Waals surface area contributed by atoms with Crippen LogP contribution in [0.3, 0.4) is 0 Å². The third kappa shape index (κ3) is 1.76. The van der Waals surface area contributed by atoms with Crippen LogP contribution >= 0.6 is 23.5 Å². The fourth-order valence-corrected chi connectivity index (χ4v) is 2.99. The Kier molecular flexibility index (Phi) is 2.74. The molecular weight excluding hydrogens is 216 g/mol. The lowest BCUT2D eigenvalue weighted by Gasteiger charge is -2.01. The predicted octanol–water partition coefficient (Wildman–Crippen LogP) is 2.41. The van der Waals surface area contributed by atoms with Crippen LogP contribution in [0, 0.1) is 0 Å². The number of carbonyl (C=O) groups is 2. The molecule has 0 spiro atoms. The molecule has 0 aromatic carbocycles. The Bertz CT molecular complexity index is 378. The van der Waals surface area contributed by atoms with Gasteiger partial charge in [-0.3, -0.25) is 9.59 Å². The molecule has 2 rings (SSSR count). The summed E-state index contributed by atoms with van der Waals surface area (Å²) in [7, 11) is 0. The van der Waals surface area contributed by atoms with Gasteiger partial charge in [0.2, 0.25) is 0 Å². The fourth-order valence-electron chi connectivity index (χ4n) is 1.10. The van der Waals surface area contributed by atoms with E-state index in [2.05, 4.69) is 0 Å². The number of hydrogen-bond donors (Lipinski definition) is 0. The third-order valence-electron chi connectivity index (χ3n) is 1.71. The third-order valence-corrected chi connectivity index (χ3v) is 3.84. The van der Waals surface area contributed by atoms with Crippen LogP contribution in [0.4, 0.5) is 0 Å². The van der Waals surface area contributed by atoms with E-state index < -0.39 is 0 Å². The largest absolute Gasteiger partial charge is 0.289 e. The van der Waals surface area contributed by atoms with Crippen molar-refractivity contribution in [3.05, 3.63) is 44.9 Å². The number of thioether (sulfide) groups is 2. The quantitative estimate of drug-likeness (QED) is 0.465. The summed E-state index contributed by atoms with van der Waals surface area (Å²) in [5, 5.41) is 3.73. The average Bonchev–Trinajstić information content (AvgIpc) is 2.61. The molecule has 0 saturated carbocycles. The molecule has 1 heterocycles. The van der Waals surface area contributed by atoms with Crippen molar-refractivity contribution in [2.24, 2.45) is 0 Å². The second-order valence-electron chi connectivity index (χ2n) is 2.62. The summed E-state index contributed by atoms with van der Waals surface area (Å²) >= 11 is 2.84. The normalized spacial score (nSPS) is 20.9. The highest BCUT2D eigenvalue weighted by Gasteiger charge is 2.22. The lowest BCUT2D eigenvalue weighted by molar-refractivity contribution is -0.116. The lowest BCUT2D eigenvalue weighted by atomic mass is 10.1. The Hall–Kier alpha value is -1.000. The van der Waals surface area contributed by atoms with Gasteiger partial charge in [0.25, 0.3) is 0 Å². The summed E-state index contributed by atoms with van der Waals surface area (Å²) in [6, 6.07) is 0. The summed E-state index contributed by atoms with van der Waals surface area (Å²) < 4.78 is 0.774. The first-order valence-electron chi connectivity index (χ1n) is 3.95. The first-order chi connectivity index (χ1) is 6.79. The molecular formula is C10H6O2S2. The maximum Gasteiger partial charge on any atom is 0.191 e. The molecule has 0 fully saturated rings. The van der Waals surface area contributed by atoms with Gasteiger partial charge in [-0.05, 0) is 23.0 Å². The van der Waals surface area contributed by atoms with Crippen molar-refractivity contribution in [2.45, 2.75) is 0 Å². The van der Waals surface area contributed by atoms with Crippen molar-refractivity contribution in [3.8, 4) is 0 Å². The maximum atomic E-state index is 11.6. The molecule has 2 aliphatic rings. The van der Waals surface area contributed by atoms with E-state index in [1.165, 1.54) is 35.7 Å². The minimum atomic E-state index is -0.210. The van der Waals surface area contributed by atoms with Gasteiger partial charge in [-0.1, -0.05) is 35.7 Å². The molecule has 1 aliphatic heterocycles. The second-order valence-corrected chi connectivity index (χ2v) is 4.71. The SMILES string of the molecule is O=C1C=CC=CC(=O)C1=C1SC=CS1. The molecule has 0 aromatic rings. The van der Waals surface area contributed by atoms with E-state index in [1.807, 2.05) is 10.8 Å². The number of rotatable bonds is 0. The Morgan fingerprint density at radius 2 is 1.36 bits per heavy atom. The molecule has 0 amide bonds. The van der Waals surface area contributed by atoms with Crippen molar-refractivity contribution < 1.29 is 9.59 Å². The van der Waals surface area contributed by atoms with Crippen molar-refractivity contribution in [2.75, 3.05) is 0 Å². The molecule has 0 saturated heterocycles. The van der Waals surface area contributed by atoms with Crippen LogP contribution in [0.1, 0.15) is 0 Å². The highest BCUT2D eigenvalue weighted by atomic mass is 32.2. The minimum Gasteiger partial charge on any atom is -0.289 e. The predicted molar refractivity (Wildman–Crippen MR) is 59.6 cm³/mol. The molecule has 0 aromatic heterocycles. The molecule has 1 aliphatic carbocycles. The van der Waals surface area contributed by atoms with Crippen LogP contribution in [-0.4, -0.2) is 11.6 Å². The number of hydrogen-bond acceptors (Lipinski definition) is 4. The van der Waals surface area contributed by atoms with Gasteiger partial charge >= 0.3 is 0 Å². The van der Waals surface area contributed by atoms with Gasteiger partial charge in [0.05, 0.1) is 9.81 Å². The van der Waals surface area contributed by atoms with E-state index in [4.69, 9.17) is 0 Å². The highest BCUT2D eigenvalue weighted by molar-refractivity contribution is 8.27. The van der Waals surface area contributed by atoms with E-state index in [1.54, 1.807) is 12.2 Å². The van der Waals surface area contributed by atoms with Crippen LogP contribution < -0.4 is 0 Å². The first kappa shape index (κ1) is 9.55. The van der Waals surface area contributed by atoms with Crippen LogP contribution in [0.15, 0.2) is 44.9 Å². The summed E-state index contributed by atoms with van der Waals surface area (Å²) in [5.74, 6) is -0.419. The zero-order valence-corrected chi connectivity index (χ0v) is 8.73. The highest BCUT2D eigenvalue weighted by Crippen LogP contribution is 2.40. The molecule has 0 atom stereocenters. The van der Waals surface area contributed by atoms with Crippen molar-refractivity contribution in [1.29, 1.82) is 0 Å². The number of carbonyl (C=O) groups excluding carboxylic acids is 2. The molecule has 2 nitrogen and oxygen atoms in total. The average molecular weight is 222 g/mol. The molecule has 0 bridgehead atoms. The topological polar surface area (TPSA) is 34.1 Å². The van der Waals surface area contributed by atoms with E-state index >= 15 is 0 Å². The van der Waals surface area contributed by atoms with Crippen LogP contribution in [0.25, 0.3) is 0 Å². The molecule has 0 unspecified atom stereocenters. The van der Waals surface area contributed by atoms with Gasteiger partial charge in [-0.25, -0.2) is 0 Å². The van der Waals surface area contributed by atoms with Crippen LogP contribution in [0.5, 0.6) is 0 Å². The second kappa shape index (κ2) is 4.02. The van der Waals surface area contributed by atoms with Gasteiger partial charge in [-0.2, -0.15) is 0 Å². The Labute approximate surface area is 89.8 Å². The number of ketones is 2. The Balaban J connectivity index is 2.45. The van der Waals surface area contributed by atoms with Crippen LogP contribution in [0.2, 0.25) is 0 Å². The maximum absolute atomic E-state index is 11.6. The Morgan fingerprint density at radius 3 is 1.86 bits per heavy atom. The van der Waals surface area contributed by atoms with E-state index in [9.17, 15) is 9.59 Å².